The number of esters is 1. The van der Waals surface area contributed by atoms with Gasteiger partial charge in [0.2, 0.25) is 0 Å². The number of hydrogen-bond donors (Lipinski definition) is 1. The topological polar surface area (TPSA) is 61.9 Å². The van der Waals surface area contributed by atoms with E-state index in [1.165, 1.54) is 24.9 Å². The van der Waals surface area contributed by atoms with Gasteiger partial charge in [-0.3, -0.25) is 4.79 Å². The summed E-state index contributed by atoms with van der Waals surface area (Å²) >= 11 is 6.88. The summed E-state index contributed by atoms with van der Waals surface area (Å²) in [5.74, 6) is -0.530. The van der Waals surface area contributed by atoms with E-state index in [0.717, 1.165) is 19.4 Å². The van der Waals surface area contributed by atoms with Gasteiger partial charge in [-0.2, -0.15) is 0 Å². The highest BCUT2D eigenvalue weighted by atomic mass is 32.1. The standard InChI is InChI=1S/C19H29N3O3S2/c1-6-21(7-2)17(23)15-13(4)14(18(24)25-5)16(27-15)20-19(26)22-11-9-8-10-12(22)3/h12H,6-11H2,1-5H3,(H,20,26). The number of nitrogens with one attached hydrogen (secondary N) is 1. The van der Waals surface area contributed by atoms with Gasteiger partial charge in [0, 0.05) is 25.7 Å². The van der Waals surface area contributed by atoms with Crippen LogP contribution >= 0.6 is 23.6 Å². The number of ether oxygens (including phenoxy) is 1. The van der Waals surface area contributed by atoms with Gasteiger partial charge in [0.05, 0.1) is 17.6 Å². The van der Waals surface area contributed by atoms with Crippen molar-refractivity contribution in [2.24, 2.45) is 0 Å². The third kappa shape index (κ3) is 4.60. The summed E-state index contributed by atoms with van der Waals surface area (Å²) in [6.45, 7) is 9.96. The van der Waals surface area contributed by atoms with E-state index in [-0.39, 0.29) is 5.91 Å². The summed E-state index contributed by atoms with van der Waals surface area (Å²) < 4.78 is 4.96. The second kappa shape index (κ2) is 9.50. The lowest BCUT2D eigenvalue weighted by molar-refractivity contribution is 0.0601. The molecule has 1 fully saturated rings. The van der Waals surface area contributed by atoms with Gasteiger partial charge in [0.15, 0.2) is 5.11 Å². The lowest BCUT2D eigenvalue weighted by atomic mass is 10.0. The Morgan fingerprint density at radius 1 is 1.33 bits per heavy atom. The number of piperidine rings is 1. The first-order valence-corrected chi connectivity index (χ1v) is 10.7. The maximum atomic E-state index is 12.9. The van der Waals surface area contributed by atoms with Crippen LogP contribution in [0.15, 0.2) is 0 Å². The molecular weight excluding hydrogens is 382 g/mol. The number of hydrogen-bond acceptors (Lipinski definition) is 5. The van der Waals surface area contributed by atoms with Crippen LogP contribution in [0.2, 0.25) is 0 Å². The first kappa shape index (κ1) is 21.6. The summed E-state index contributed by atoms with van der Waals surface area (Å²) in [6.07, 6.45) is 3.40. The molecule has 8 heteroatoms. The minimum absolute atomic E-state index is 0.0713. The number of thiophene rings is 1. The summed E-state index contributed by atoms with van der Waals surface area (Å²) in [6, 6.07) is 0.359. The average Bonchev–Trinajstić information content (AvgIpc) is 2.98. The molecule has 1 aromatic rings. The lowest BCUT2D eigenvalue weighted by Crippen LogP contribution is -2.44. The molecule has 1 atom stereocenters. The smallest absolute Gasteiger partial charge is 0.341 e. The fourth-order valence-electron chi connectivity index (χ4n) is 3.38. The van der Waals surface area contributed by atoms with Crippen molar-refractivity contribution in [2.45, 2.75) is 53.0 Å². The highest BCUT2D eigenvalue weighted by Crippen LogP contribution is 2.35. The van der Waals surface area contributed by atoms with E-state index in [4.69, 9.17) is 17.0 Å². The molecule has 1 aliphatic rings. The first-order valence-electron chi connectivity index (χ1n) is 9.44. The van der Waals surface area contributed by atoms with Crippen molar-refractivity contribution < 1.29 is 14.3 Å². The average molecular weight is 412 g/mol. The van der Waals surface area contributed by atoms with Crippen LogP contribution in [0.25, 0.3) is 0 Å². The van der Waals surface area contributed by atoms with E-state index in [0.29, 0.717) is 45.2 Å². The van der Waals surface area contributed by atoms with Crippen LogP contribution < -0.4 is 5.32 Å². The van der Waals surface area contributed by atoms with Gasteiger partial charge in [0.25, 0.3) is 5.91 Å². The number of carbonyl (C=O) groups excluding carboxylic acids is 2. The first-order chi connectivity index (χ1) is 12.8. The number of anilines is 1. The normalized spacial score (nSPS) is 16.8. The van der Waals surface area contributed by atoms with E-state index in [1.54, 1.807) is 11.8 Å². The van der Waals surface area contributed by atoms with Crippen molar-refractivity contribution in [2.75, 3.05) is 32.1 Å². The summed E-state index contributed by atoms with van der Waals surface area (Å²) in [7, 11) is 1.35. The molecule has 1 saturated heterocycles. The zero-order valence-electron chi connectivity index (χ0n) is 16.8. The summed E-state index contributed by atoms with van der Waals surface area (Å²) in [5, 5.41) is 4.40. The molecule has 0 saturated carbocycles. The Morgan fingerprint density at radius 3 is 2.56 bits per heavy atom. The Balaban J connectivity index is 2.36. The predicted molar refractivity (Wildman–Crippen MR) is 114 cm³/mol. The van der Waals surface area contributed by atoms with E-state index in [2.05, 4.69) is 17.1 Å². The molecule has 150 valence electrons. The molecule has 6 nitrogen and oxygen atoms in total. The third-order valence-corrected chi connectivity index (χ3v) is 6.60. The van der Waals surface area contributed by atoms with Crippen molar-refractivity contribution in [3.05, 3.63) is 16.0 Å². The van der Waals surface area contributed by atoms with Gasteiger partial charge in [-0.15, -0.1) is 11.3 Å². The molecular formula is C19H29N3O3S2. The van der Waals surface area contributed by atoms with Gasteiger partial charge in [0.1, 0.15) is 5.00 Å². The number of rotatable bonds is 5. The molecule has 1 N–H and O–H groups in total. The van der Waals surface area contributed by atoms with Crippen LogP contribution in [0.3, 0.4) is 0 Å². The molecule has 2 rings (SSSR count). The van der Waals surface area contributed by atoms with Crippen molar-refractivity contribution in [3.63, 3.8) is 0 Å². The van der Waals surface area contributed by atoms with Gasteiger partial charge in [-0.1, -0.05) is 0 Å². The Hall–Kier alpha value is -1.67. The van der Waals surface area contributed by atoms with E-state index in [1.807, 2.05) is 13.8 Å². The molecule has 0 radical (unpaired) electrons. The van der Waals surface area contributed by atoms with Crippen LogP contribution in [-0.2, 0) is 4.74 Å². The quantitative estimate of drug-likeness (QED) is 0.586. The van der Waals surface area contributed by atoms with Crippen molar-refractivity contribution in [3.8, 4) is 0 Å². The van der Waals surface area contributed by atoms with Crippen LogP contribution in [0, 0.1) is 6.92 Å². The van der Waals surface area contributed by atoms with E-state index in [9.17, 15) is 9.59 Å². The number of nitrogens with zero attached hydrogens (tertiary/aromatic N) is 2. The van der Waals surface area contributed by atoms with E-state index < -0.39 is 5.97 Å². The Labute approximate surface area is 170 Å². The Morgan fingerprint density at radius 2 is 2.00 bits per heavy atom. The second-order valence-electron chi connectivity index (χ2n) is 6.70. The van der Waals surface area contributed by atoms with Crippen molar-refractivity contribution in [1.29, 1.82) is 0 Å². The molecule has 1 aliphatic heterocycles. The van der Waals surface area contributed by atoms with E-state index >= 15 is 0 Å². The fourth-order valence-corrected chi connectivity index (χ4v) is 4.98. The largest absolute Gasteiger partial charge is 0.465 e. The van der Waals surface area contributed by atoms with Gasteiger partial charge in [-0.25, -0.2) is 4.79 Å². The van der Waals surface area contributed by atoms with Gasteiger partial charge in [-0.05, 0) is 64.7 Å². The van der Waals surface area contributed by atoms with Crippen molar-refractivity contribution >= 4 is 45.5 Å². The lowest BCUT2D eigenvalue weighted by Gasteiger charge is -2.35. The number of thiocarbonyl (C=S) groups is 1. The second-order valence-corrected chi connectivity index (χ2v) is 8.11. The fraction of sp³-hybridized carbons (Fsp3) is 0.632. The minimum Gasteiger partial charge on any atom is -0.465 e. The van der Waals surface area contributed by atoms with Crippen molar-refractivity contribution in [1.82, 2.24) is 9.80 Å². The predicted octanol–water partition coefficient (Wildman–Crippen LogP) is 3.90. The number of amides is 1. The minimum atomic E-state index is -0.459. The molecule has 0 aromatic carbocycles. The highest BCUT2D eigenvalue weighted by Gasteiger charge is 2.29. The monoisotopic (exact) mass is 411 g/mol. The summed E-state index contributed by atoms with van der Waals surface area (Å²) in [5.41, 5.74) is 1.03. The molecule has 0 spiro atoms. The molecule has 1 amide bonds. The van der Waals surface area contributed by atoms with Crippen LogP contribution in [0.5, 0.6) is 0 Å². The maximum absolute atomic E-state index is 12.9. The zero-order chi connectivity index (χ0) is 20.1. The molecule has 0 bridgehead atoms. The van der Waals surface area contributed by atoms with Gasteiger partial charge >= 0.3 is 5.97 Å². The van der Waals surface area contributed by atoms with Crippen LogP contribution in [0.1, 0.15) is 65.6 Å². The Bertz CT molecular complexity index is 713. The maximum Gasteiger partial charge on any atom is 0.341 e. The van der Waals surface area contributed by atoms with Crippen LogP contribution in [-0.4, -0.2) is 59.6 Å². The summed E-state index contributed by atoms with van der Waals surface area (Å²) in [4.78, 5) is 29.7. The van der Waals surface area contributed by atoms with Gasteiger partial charge < -0.3 is 19.9 Å². The highest BCUT2D eigenvalue weighted by molar-refractivity contribution is 7.80. The number of likely N-dealkylation sites (tertiary alicyclic amines) is 1. The Kier molecular flexibility index (Phi) is 7.61. The number of carbonyl (C=O) groups is 2. The zero-order valence-corrected chi connectivity index (χ0v) is 18.4. The molecule has 1 unspecified atom stereocenters. The SMILES string of the molecule is CCN(CC)C(=O)c1sc(NC(=S)N2CCCCC2C)c(C(=O)OC)c1C. The molecule has 1 aromatic heterocycles. The molecule has 2 heterocycles. The molecule has 0 aliphatic carbocycles. The third-order valence-electron chi connectivity index (χ3n) is 5.07. The molecule has 27 heavy (non-hydrogen) atoms. The number of methoxy groups -OCH3 is 1. The van der Waals surface area contributed by atoms with Crippen LogP contribution in [0.4, 0.5) is 5.00 Å².